The molecular formula is C9H8BrN3O2. The van der Waals surface area contributed by atoms with Crippen molar-refractivity contribution in [2.75, 3.05) is 11.1 Å². The molecular weight excluding hydrogens is 262 g/mol. The fourth-order valence-electron chi connectivity index (χ4n) is 0.816. The predicted molar refractivity (Wildman–Crippen MR) is 58.7 cm³/mol. The molecule has 0 amide bonds. The molecule has 0 bridgehead atoms. The average molecular weight is 270 g/mol. The molecule has 0 aliphatic rings. The zero-order chi connectivity index (χ0) is 11.3. The van der Waals surface area contributed by atoms with Crippen molar-refractivity contribution in [3.05, 3.63) is 17.6 Å². The molecule has 0 aromatic carbocycles. The number of halogens is 1. The third kappa shape index (κ3) is 3.22. The molecule has 0 spiro atoms. The molecule has 0 aliphatic heterocycles. The van der Waals surface area contributed by atoms with Crippen LogP contribution in [-0.2, 0) is 0 Å². The van der Waals surface area contributed by atoms with Crippen molar-refractivity contribution < 1.29 is 9.90 Å². The maximum absolute atomic E-state index is 10.7. The number of nitrogen functional groups attached to an aromatic ring is 1. The first-order valence-electron chi connectivity index (χ1n) is 4.05. The van der Waals surface area contributed by atoms with Gasteiger partial charge in [-0.05, 0) is 5.92 Å². The van der Waals surface area contributed by atoms with Gasteiger partial charge in [0, 0.05) is 11.8 Å². The zero-order valence-corrected chi connectivity index (χ0v) is 9.28. The Morgan fingerprint density at radius 1 is 1.67 bits per heavy atom. The van der Waals surface area contributed by atoms with Crippen LogP contribution in [0.3, 0.4) is 0 Å². The first kappa shape index (κ1) is 11.5. The molecule has 0 atom stereocenters. The fourth-order valence-corrected chi connectivity index (χ4v) is 1.01. The third-order valence-electron chi connectivity index (χ3n) is 1.44. The Morgan fingerprint density at radius 2 is 2.40 bits per heavy atom. The van der Waals surface area contributed by atoms with Crippen molar-refractivity contribution >= 4 is 27.7 Å². The molecule has 6 heteroatoms. The van der Waals surface area contributed by atoms with Crippen LogP contribution >= 0.6 is 15.9 Å². The van der Waals surface area contributed by atoms with Gasteiger partial charge in [-0.3, -0.25) is 0 Å². The fraction of sp³-hybridized carbons (Fsp3) is 0.222. The predicted octanol–water partition coefficient (Wildman–Crippen LogP) is 0.894. The number of carbonyl (C=O) groups is 1. The number of nitrogens with two attached hydrogens (primary N) is 1. The second kappa shape index (κ2) is 5.32. The molecule has 0 aliphatic carbocycles. The summed E-state index contributed by atoms with van der Waals surface area (Å²) in [5.74, 6) is 4.19. The maximum atomic E-state index is 10.7. The number of nitrogens with zero attached hydrogens (tertiary/aromatic N) is 2. The second-order valence-corrected chi connectivity index (χ2v) is 3.33. The summed E-state index contributed by atoms with van der Waals surface area (Å²) in [5, 5.41) is 9.48. The molecule has 0 saturated heterocycles. The Bertz CT molecular complexity index is 437. The molecule has 1 aromatic rings. The highest BCUT2D eigenvalue weighted by Gasteiger charge is 2.10. The van der Waals surface area contributed by atoms with Crippen molar-refractivity contribution in [3.63, 3.8) is 0 Å². The van der Waals surface area contributed by atoms with Crippen molar-refractivity contribution in [1.82, 2.24) is 9.97 Å². The second-order valence-electron chi connectivity index (χ2n) is 2.54. The van der Waals surface area contributed by atoms with Gasteiger partial charge in [0.1, 0.15) is 5.69 Å². The van der Waals surface area contributed by atoms with E-state index in [1.165, 1.54) is 6.20 Å². The highest BCUT2D eigenvalue weighted by Crippen LogP contribution is 2.04. The first-order valence-corrected chi connectivity index (χ1v) is 5.18. The molecule has 5 nitrogen and oxygen atoms in total. The number of hydrogen-bond acceptors (Lipinski definition) is 4. The van der Waals surface area contributed by atoms with Gasteiger partial charge in [-0.25, -0.2) is 14.8 Å². The van der Waals surface area contributed by atoms with E-state index in [1.54, 1.807) is 0 Å². The standard InChI is InChI=1S/C9H8BrN3O2/c10-4-2-1-3-6-5-12-8(11)7(13-6)9(14)15/h5H,2,4H2,(H2,11,12)(H,14,15). The van der Waals surface area contributed by atoms with E-state index >= 15 is 0 Å². The van der Waals surface area contributed by atoms with E-state index in [0.29, 0.717) is 12.1 Å². The van der Waals surface area contributed by atoms with Gasteiger partial charge >= 0.3 is 5.97 Å². The normalized spacial score (nSPS) is 9.13. The smallest absolute Gasteiger partial charge is 0.358 e. The van der Waals surface area contributed by atoms with Crippen LogP contribution in [0.15, 0.2) is 6.20 Å². The average Bonchev–Trinajstić information content (AvgIpc) is 2.20. The summed E-state index contributed by atoms with van der Waals surface area (Å²) in [4.78, 5) is 18.1. The molecule has 3 N–H and O–H groups in total. The highest BCUT2D eigenvalue weighted by molar-refractivity contribution is 9.09. The summed E-state index contributed by atoms with van der Waals surface area (Å²) in [7, 11) is 0. The number of alkyl halides is 1. The van der Waals surface area contributed by atoms with Crippen molar-refractivity contribution in [2.24, 2.45) is 0 Å². The van der Waals surface area contributed by atoms with Crippen LogP contribution in [-0.4, -0.2) is 26.4 Å². The lowest BCUT2D eigenvalue weighted by molar-refractivity contribution is 0.0691. The van der Waals surface area contributed by atoms with Gasteiger partial charge < -0.3 is 10.8 Å². The van der Waals surface area contributed by atoms with E-state index in [0.717, 1.165) is 5.33 Å². The van der Waals surface area contributed by atoms with Gasteiger partial charge in [0.05, 0.1) is 6.20 Å². The molecule has 0 saturated carbocycles. The molecule has 78 valence electrons. The van der Waals surface area contributed by atoms with Gasteiger partial charge in [-0.2, -0.15) is 0 Å². The summed E-state index contributed by atoms with van der Waals surface area (Å²) in [6.07, 6.45) is 2.01. The highest BCUT2D eigenvalue weighted by atomic mass is 79.9. The number of anilines is 1. The Hall–Kier alpha value is -1.61. The summed E-state index contributed by atoms with van der Waals surface area (Å²) < 4.78 is 0. The number of hydrogen-bond donors (Lipinski definition) is 2. The van der Waals surface area contributed by atoms with Crippen LogP contribution in [0.4, 0.5) is 5.82 Å². The number of carboxylic acids is 1. The van der Waals surface area contributed by atoms with E-state index in [2.05, 4.69) is 37.7 Å². The Labute approximate surface area is 94.9 Å². The van der Waals surface area contributed by atoms with E-state index in [-0.39, 0.29) is 11.5 Å². The quantitative estimate of drug-likeness (QED) is 0.615. The molecule has 1 rings (SSSR count). The van der Waals surface area contributed by atoms with Crippen molar-refractivity contribution in [1.29, 1.82) is 0 Å². The Balaban J connectivity index is 2.99. The lowest BCUT2D eigenvalue weighted by atomic mass is 10.3. The first-order chi connectivity index (χ1) is 7.15. The number of rotatable bonds is 2. The van der Waals surface area contributed by atoms with E-state index in [1.807, 2.05) is 0 Å². The summed E-state index contributed by atoms with van der Waals surface area (Å²) in [5.41, 5.74) is 5.38. The number of aromatic carboxylic acids is 1. The Morgan fingerprint density at radius 3 is 3.00 bits per heavy atom. The minimum absolute atomic E-state index is 0.103. The van der Waals surface area contributed by atoms with Crippen LogP contribution in [0.25, 0.3) is 0 Å². The van der Waals surface area contributed by atoms with Crippen LogP contribution in [0, 0.1) is 11.8 Å². The van der Waals surface area contributed by atoms with Crippen LogP contribution in [0.1, 0.15) is 22.6 Å². The summed E-state index contributed by atoms with van der Waals surface area (Å²) in [6, 6.07) is 0. The lowest BCUT2D eigenvalue weighted by Crippen LogP contribution is -2.08. The van der Waals surface area contributed by atoms with Crippen LogP contribution < -0.4 is 5.73 Å². The molecule has 1 heterocycles. The van der Waals surface area contributed by atoms with E-state index in [4.69, 9.17) is 10.8 Å². The third-order valence-corrected chi connectivity index (χ3v) is 1.84. The van der Waals surface area contributed by atoms with E-state index in [9.17, 15) is 4.79 Å². The summed E-state index contributed by atoms with van der Waals surface area (Å²) in [6.45, 7) is 0. The van der Waals surface area contributed by atoms with Gasteiger partial charge in [-0.1, -0.05) is 21.9 Å². The molecule has 0 radical (unpaired) electrons. The SMILES string of the molecule is Nc1ncc(C#CCCBr)nc1C(=O)O. The molecule has 15 heavy (non-hydrogen) atoms. The number of carboxylic acid groups (broad SMARTS) is 1. The minimum atomic E-state index is -1.20. The van der Waals surface area contributed by atoms with Crippen molar-refractivity contribution in [3.8, 4) is 11.8 Å². The van der Waals surface area contributed by atoms with Gasteiger partial charge in [0.25, 0.3) is 0 Å². The molecule has 1 aromatic heterocycles. The van der Waals surface area contributed by atoms with Crippen LogP contribution in [0.5, 0.6) is 0 Å². The maximum Gasteiger partial charge on any atom is 0.358 e. The van der Waals surface area contributed by atoms with E-state index < -0.39 is 5.97 Å². The largest absolute Gasteiger partial charge is 0.476 e. The molecule has 0 unspecified atom stereocenters. The van der Waals surface area contributed by atoms with Gasteiger partial charge in [0.2, 0.25) is 0 Å². The lowest BCUT2D eigenvalue weighted by Gasteiger charge is -1.97. The van der Waals surface area contributed by atoms with Crippen LogP contribution in [0.2, 0.25) is 0 Å². The zero-order valence-electron chi connectivity index (χ0n) is 7.70. The van der Waals surface area contributed by atoms with Gasteiger partial charge in [0.15, 0.2) is 11.5 Å². The van der Waals surface area contributed by atoms with Gasteiger partial charge in [-0.15, -0.1) is 0 Å². The summed E-state index contributed by atoms with van der Waals surface area (Å²) >= 11 is 3.22. The molecule has 0 fully saturated rings. The topological polar surface area (TPSA) is 89.1 Å². The number of aromatic nitrogens is 2. The monoisotopic (exact) mass is 269 g/mol. The Kier molecular flexibility index (Phi) is 4.06. The minimum Gasteiger partial charge on any atom is -0.476 e. The van der Waals surface area contributed by atoms with Crippen molar-refractivity contribution in [2.45, 2.75) is 6.42 Å².